The third-order valence-electron chi connectivity index (χ3n) is 5.61. The molecule has 1 N–H and O–H groups in total. The van der Waals surface area contributed by atoms with Crippen molar-refractivity contribution in [3.63, 3.8) is 0 Å². The first-order chi connectivity index (χ1) is 15.5. The lowest BCUT2D eigenvalue weighted by atomic mass is 9.96. The summed E-state index contributed by atoms with van der Waals surface area (Å²) in [6.45, 7) is 0.704. The van der Waals surface area contributed by atoms with Crippen LogP contribution >= 0.6 is 0 Å². The second kappa shape index (κ2) is 8.26. The Hall–Kier alpha value is -3.26. The maximum Gasteiger partial charge on any atom is 0.417 e. The molecule has 0 spiro atoms. The molecule has 33 heavy (non-hydrogen) atoms. The van der Waals surface area contributed by atoms with Crippen molar-refractivity contribution < 1.29 is 26.5 Å². The van der Waals surface area contributed by atoms with E-state index in [0.29, 0.717) is 25.2 Å². The highest BCUT2D eigenvalue weighted by Gasteiger charge is 2.33. The van der Waals surface area contributed by atoms with Crippen molar-refractivity contribution >= 4 is 27.0 Å². The summed E-state index contributed by atoms with van der Waals surface area (Å²) in [5.41, 5.74) is -0.717. The normalized spacial score (nSPS) is 17.5. The molecule has 1 aliphatic heterocycles. The minimum absolute atomic E-state index is 0.226. The molecule has 1 saturated heterocycles. The van der Waals surface area contributed by atoms with E-state index >= 15 is 0 Å². The van der Waals surface area contributed by atoms with E-state index in [9.17, 15) is 31.7 Å². The van der Waals surface area contributed by atoms with Crippen LogP contribution in [-0.2, 0) is 16.2 Å². The van der Waals surface area contributed by atoms with Gasteiger partial charge in [-0.15, -0.1) is 10.2 Å². The number of pyridine rings is 1. The zero-order valence-corrected chi connectivity index (χ0v) is 18.1. The molecule has 14 heteroatoms. The molecular weight excluding hydrogens is 465 g/mol. The Morgan fingerprint density at radius 2 is 1.97 bits per heavy atom. The first kappa shape index (κ1) is 22.9. The van der Waals surface area contributed by atoms with Crippen LogP contribution in [0.4, 0.5) is 24.5 Å². The van der Waals surface area contributed by atoms with Gasteiger partial charge in [0.1, 0.15) is 11.5 Å². The van der Waals surface area contributed by atoms with Gasteiger partial charge in [0.2, 0.25) is 10.0 Å². The Bertz CT molecular complexity index is 1320. The molecule has 1 atom stereocenters. The van der Waals surface area contributed by atoms with Crippen LogP contribution < -0.4 is 9.62 Å². The number of nitrogens with one attached hydrogen (secondary N) is 1. The minimum atomic E-state index is -4.52. The Morgan fingerprint density at radius 1 is 1.21 bits per heavy atom. The molecule has 1 fully saturated rings. The van der Waals surface area contributed by atoms with Gasteiger partial charge in [-0.2, -0.15) is 13.2 Å². The zero-order chi connectivity index (χ0) is 24.0. The number of anilines is 1. The van der Waals surface area contributed by atoms with E-state index in [-0.39, 0.29) is 34.4 Å². The summed E-state index contributed by atoms with van der Waals surface area (Å²) in [6.07, 6.45) is -2.37. The molecule has 1 aliphatic rings. The van der Waals surface area contributed by atoms with Gasteiger partial charge < -0.3 is 4.90 Å². The summed E-state index contributed by atoms with van der Waals surface area (Å²) in [5.74, 6) is -0.00427. The smallest absolute Gasteiger partial charge is 0.365 e. The molecule has 3 heterocycles. The number of fused-ring (bicyclic) bond motifs is 1. The first-order valence-corrected chi connectivity index (χ1v) is 11.4. The topological polar surface area (TPSA) is 123 Å². The molecular formula is C19H19F3N6O4S. The van der Waals surface area contributed by atoms with Crippen LogP contribution in [0.1, 0.15) is 30.1 Å². The van der Waals surface area contributed by atoms with Crippen LogP contribution in [0.3, 0.4) is 0 Å². The lowest BCUT2D eigenvalue weighted by Gasteiger charge is -2.33. The van der Waals surface area contributed by atoms with Gasteiger partial charge in [-0.25, -0.2) is 13.1 Å². The molecule has 10 nitrogen and oxygen atoms in total. The third-order valence-corrected chi connectivity index (χ3v) is 7.02. The van der Waals surface area contributed by atoms with Crippen LogP contribution in [0, 0.1) is 10.1 Å². The van der Waals surface area contributed by atoms with E-state index in [1.54, 1.807) is 4.90 Å². The molecule has 0 radical (unpaired) electrons. The number of halogens is 3. The standard InChI is InChI=1S/C19H19F3N6O4S/c1-23-33(31,32)14-5-6-15(16(9-14)28(29)30)26-8-2-3-12(10-26)18-25-24-17-7-4-13(11-27(17)18)19(20,21)22/h4-7,9,11-12,23H,2-3,8,10H2,1H3/t12-/m1/s1. The Morgan fingerprint density at radius 3 is 2.64 bits per heavy atom. The molecule has 1 aromatic carbocycles. The summed E-state index contributed by atoms with van der Waals surface area (Å²) in [5, 5.41) is 19.7. The SMILES string of the molecule is CNS(=O)(=O)c1ccc(N2CCC[C@@H](c3nnc4ccc(C(F)(F)F)cn34)C2)c([N+](=O)[O-])c1. The Kier molecular flexibility index (Phi) is 5.74. The minimum Gasteiger partial charge on any atom is -0.365 e. The Labute approximate surface area is 186 Å². The summed E-state index contributed by atoms with van der Waals surface area (Å²) < 4.78 is 67.0. The highest BCUT2D eigenvalue weighted by atomic mass is 32.2. The van der Waals surface area contributed by atoms with Gasteiger partial charge in [-0.05, 0) is 44.2 Å². The molecule has 0 saturated carbocycles. The van der Waals surface area contributed by atoms with Crippen LogP contribution in [0.25, 0.3) is 5.65 Å². The van der Waals surface area contributed by atoms with Gasteiger partial charge >= 0.3 is 6.18 Å². The van der Waals surface area contributed by atoms with Crippen molar-refractivity contribution in [3.05, 3.63) is 58.0 Å². The number of benzene rings is 1. The van der Waals surface area contributed by atoms with E-state index < -0.39 is 26.7 Å². The maximum absolute atomic E-state index is 13.2. The van der Waals surface area contributed by atoms with Crippen molar-refractivity contribution in [3.8, 4) is 0 Å². The third kappa shape index (κ3) is 4.35. The number of piperidine rings is 1. The quantitative estimate of drug-likeness (QED) is 0.436. The molecule has 176 valence electrons. The molecule has 0 amide bonds. The summed E-state index contributed by atoms with van der Waals surface area (Å²) >= 11 is 0. The van der Waals surface area contributed by atoms with Crippen molar-refractivity contribution in [2.45, 2.75) is 29.8 Å². The fourth-order valence-corrected chi connectivity index (χ4v) is 4.71. The first-order valence-electron chi connectivity index (χ1n) is 9.90. The average molecular weight is 484 g/mol. The Balaban J connectivity index is 1.69. The molecule has 3 aromatic rings. The monoisotopic (exact) mass is 484 g/mol. The van der Waals surface area contributed by atoms with Gasteiger partial charge in [0.25, 0.3) is 5.69 Å². The van der Waals surface area contributed by atoms with Gasteiger partial charge in [-0.3, -0.25) is 14.5 Å². The predicted octanol–water partition coefficient (Wildman–Crippen LogP) is 2.95. The largest absolute Gasteiger partial charge is 0.417 e. The lowest BCUT2D eigenvalue weighted by Crippen LogP contribution is -2.35. The number of hydrogen-bond donors (Lipinski definition) is 1. The molecule has 0 bridgehead atoms. The highest BCUT2D eigenvalue weighted by Crippen LogP contribution is 2.36. The van der Waals surface area contributed by atoms with Crippen molar-refractivity contribution in [2.75, 3.05) is 25.0 Å². The number of nitro groups is 1. The van der Waals surface area contributed by atoms with E-state index in [1.165, 1.54) is 29.6 Å². The van der Waals surface area contributed by atoms with Crippen LogP contribution in [0.2, 0.25) is 0 Å². The van der Waals surface area contributed by atoms with Gasteiger partial charge in [0.15, 0.2) is 5.65 Å². The molecule has 0 unspecified atom stereocenters. The number of nitro benzene ring substituents is 1. The molecule has 4 rings (SSSR count). The number of rotatable bonds is 5. The summed E-state index contributed by atoms with van der Waals surface area (Å²) in [6, 6.07) is 5.82. The van der Waals surface area contributed by atoms with Crippen LogP contribution in [0.15, 0.2) is 41.4 Å². The van der Waals surface area contributed by atoms with Gasteiger partial charge in [0.05, 0.1) is 15.4 Å². The summed E-state index contributed by atoms with van der Waals surface area (Å²) in [4.78, 5) is 12.5. The molecule has 0 aliphatic carbocycles. The average Bonchev–Trinajstić information content (AvgIpc) is 3.21. The zero-order valence-electron chi connectivity index (χ0n) is 17.3. The lowest BCUT2D eigenvalue weighted by molar-refractivity contribution is -0.384. The fraction of sp³-hybridized carbons (Fsp3) is 0.368. The second-order valence-corrected chi connectivity index (χ2v) is 9.49. The van der Waals surface area contributed by atoms with E-state index in [2.05, 4.69) is 14.9 Å². The number of alkyl halides is 3. The highest BCUT2D eigenvalue weighted by molar-refractivity contribution is 7.89. The van der Waals surface area contributed by atoms with Gasteiger partial charge in [-0.1, -0.05) is 0 Å². The van der Waals surface area contributed by atoms with E-state index in [1.807, 2.05) is 0 Å². The maximum atomic E-state index is 13.2. The second-order valence-electron chi connectivity index (χ2n) is 7.60. The van der Waals surface area contributed by atoms with Crippen molar-refractivity contribution in [2.24, 2.45) is 0 Å². The number of nitrogens with zero attached hydrogens (tertiary/aromatic N) is 5. The number of sulfonamides is 1. The van der Waals surface area contributed by atoms with Crippen molar-refractivity contribution in [1.29, 1.82) is 0 Å². The number of aromatic nitrogens is 3. The van der Waals surface area contributed by atoms with Crippen molar-refractivity contribution in [1.82, 2.24) is 19.3 Å². The fourth-order valence-electron chi connectivity index (χ4n) is 3.96. The van der Waals surface area contributed by atoms with E-state index in [0.717, 1.165) is 18.3 Å². The molecule has 2 aromatic heterocycles. The van der Waals surface area contributed by atoms with Gasteiger partial charge in [0, 0.05) is 31.3 Å². The van der Waals surface area contributed by atoms with Crippen LogP contribution in [-0.4, -0.2) is 48.1 Å². The number of hydrogen-bond acceptors (Lipinski definition) is 7. The predicted molar refractivity (Wildman–Crippen MR) is 112 cm³/mol. The summed E-state index contributed by atoms with van der Waals surface area (Å²) in [7, 11) is -2.67. The van der Waals surface area contributed by atoms with E-state index in [4.69, 9.17) is 0 Å². The van der Waals surface area contributed by atoms with Crippen LogP contribution in [0.5, 0.6) is 0 Å².